The smallest absolute Gasteiger partial charge is 0.249 e. The van der Waals surface area contributed by atoms with E-state index in [4.69, 9.17) is 4.84 Å². The first-order valence-electron chi connectivity index (χ1n) is 5.44. The zero-order chi connectivity index (χ0) is 9.97. The topological polar surface area (TPSA) is 41.6 Å². The van der Waals surface area contributed by atoms with Gasteiger partial charge in [-0.25, -0.2) is 5.06 Å². The molecule has 2 atom stereocenters. The average Bonchev–Trinajstić information content (AvgIpc) is 2.70. The molecule has 0 aromatic heterocycles. The second-order valence-electron chi connectivity index (χ2n) is 4.20. The molecular weight excluding hydrogens is 180 g/mol. The fraction of sp³-hybridized carbons (Fsp3) is 0.900. The lowest BCUT2D eigenvalue weighted by atomic mass is 9.87. The molecule has 80 valence electrons. The Balaban J connectivity index is 1.94. The number of hydrogen-bond acceptors (Lipinski definition) is 3. The van der Waals surface area contributed by atoms with E-state index in [0.717, 1.165) is 32.5 Å². The zero-order valence-electron chi connectivity index (χ0n) is 8.66. The summed E-state index contributed by atoms with van der Waals surface area (Å²) in [6.07, 6.45) is 1.92. The molecule has 0 bridgehead atoms. The number of hydrogen-bond donors (Lipinski definition) is 1. The van der Waals surface area contributed by atoms with Gasteiger partial charge in [0.1, 0.15) is 0 Å². The maximum atomic E-state index is 12.0. The molecule has 4 heteroatoms. The van der Waals surface area contributed by atoms with E-state index in [2.05, 4.69) is 12.2 Å². The predicted octanol–water partition coefficient (Wildman–Crippen LogP) is 0.396. The molecule has 2 unspecified atom stereocenters. The van der Waals surface area contributed by atoms with Crippen LogP contribution in [0.15, 0.2) is 0 Å². The van der Waals surface area contributed by atoms with E-state index in [1.165, 1.54) is 0 Å². The highest BCUT2D eigenvalue weighted by molar-refractivity contribution is 5.78. The molecule has 2 saturated heterocycles. The molecule has 0 saturated carbocycles. The number of carbonyl (C=O) groups is 1. The molecule has 0 spiro atoms. The number of nitrogens with one attached hydrogen (secondary N) is 1. The summed E-state index contributed by atoms with van der Waals surface area (Å²) in [5.41, 5.74) is 0. The van der Waals surface area contributed by atoms with E-state index < -0.39 is 0 Å². The van der Waals surface area contributed by atoms with Crippen molar-refractivity contribution in [2.75, 3.05) is 26.2 Å². The minimum absolute atomic E-state index is 0.161. The first-order valence-corrected chi connectivity index (χ1v) is 5.44. The molecule has 2 rings (SSSR count). The van der Waals surface area contributed by atoms with E-state index in [9.17, 15) is 4.79 Å². The summed E-state index contributed by atoms with van der Waals surface area (Å²) in [5.74, 6) is 0.784. The molecule has 2 aliphatic heterocycles. The van der Waals surface area contributed by atoms with E-state index in [0.29, 0.717) is 12.5 Å². The van der Waals surface area contributed by atoms with Crippen molar-refractivity contribution in [3.05, 3.63) is 0 Å². The van der Waals surface area contributed by atoms with Crippen LogP contribution < -0.4 is 5.32 Å². The number of piperidine rings is 1. The van der Waals surface area contributed by atoms with Crippen LogP contribution in [0.1, 0.15) is 19.8 Å². The maximum Gasteiger partial charge on any atom is 0.249 e. The van der Waals surface area contributed by atoms with Crippen LogP contribution in [-0.4, -0.2) is 37.2 Å². The third-order valence-electron chi connectivity index (χ3n) is 3.10. The lowest BCUT2D eigenvalue weighted by Crippen LogP contribution is -2.44. The van der Waals surface area contributed by atoms with Crippen molar-refractivity contribution in [1.29, 1.82) is 0 Å². The Labute approximate surface area is 84.6 Å². The summed E-state index contributed by atoms with van der Waals surface area (Å²) in [5, 5.41) is 4.86. The number of rotatable bonds is 1. The highest BCUT2D eigenvalue weighted by Crippen LogP contribution is 2.22. The van der Waals surface area contributed by atoms with Crippen molar-refractivity contribution in [3.8, 4) is 0 Å². The zero-order valence-corrected chi connectivity index (χ0v) is 8.66. The fourth-order valence-electron chi connectivity index (χ4n) is 2.19. The molecule has 4 nitrogen and oxygen atoms in total. The minimum Gasteiger partial charge on any atom is -0.316 e. The van der Waals surface area contributed by atoms with Crippen molar-refractivity contribution in [2.45, 2.75) is 19.8 Å². The Morgan fingerprint density at radius 2 is 2.43 bits per heavy atom. The first kappa shape index (κ1) is 9.93. The normalized spacial score (nSPS) is 33.4. The van der Waals surface area contributed by atoms with E-state index in [-0.39, 0.29) is 11.8 Å². The lowest BCUT2D eigenvalue weighted by molar-refractivity contribution is -0.175. The van der Waals surface area contributed by atoms with Crippen molar-refractivity contribution >= 4 is 5.91 Å². The van der Waals surface area contributed by atoms with Crippen LogP contribution in [0.25, 0.3) is 0 Å². The summed E-state index contributed by atoms with van der Waals surface area (Å²) in [6, 6.07) is 0. The lowest BCUT2D eigenvalue weighted by Gasteiger charge is -2.30. The Hall–Kier alpha value is -0.610. The first-order chi connectivity index (χ1) is 6.79. The molecule has 0 aliphatic carbocycles. The quantitative estimate of drug-likeness (QED) is 0.663. The van der Waals surface area contributed by atoms with Gasteiger partial charge in [0, 0.05) is 5.92 Å². The van der Waals surface area contributed by atoms with Crippen molar-refractivity contribution in [1.82, 2.24) is 10.4 Å². The number of amides is 1. The molecule has 2 aliphatic rings. The third-order valence-corrected chi connectivity index (χ3v) is 3.10. The summed E-state index contributed by atoms with van der Waals surface area (Å²) >= 11 is 0. The third kappa shape index (κ3) is 1.91. The van der Waals surface area contributed by atoms with Crippen LogP contribution in [0, 0.1) is 11.8 Å². The minimum atomic E-state index is 0.161. The van der Waals surface area contributed by atoms with Gasteiger partial charge in [-0.15, -0.1) is 0 Å². The molecule has 0 radical (unpaired) electrons. The van der Waals surface area contributed by atoms with Gasteiger partial charge in [-0.3, -0.25) is 9.63 Å². The van der Waals surface area contributed by atoms with Gasteiger partial charge in [0.15, 0.2) is 0 Å². The van der Waals surface area contributed by atoms with Crippen molar-refractivity contribution in [2.24, 2.45) is 11.8 Å². The van der Waals surface area contributed by atoms with Crippen LogP contribution in [0.2, 0.25) is 0 Å². The van der Waals surface area contributed by atoms with Crippen molar-refractivity contribution < 1.29 is 9.63 Å². The Morgan fingerprint density at radius 3 is 3.07 bits per heavy atom. The molecule has 1 amide bonds. The van der Waals surface area contributed by atoms with E-state index in [1.807, 2.05) is 0 Å². The van der Waals surface area contributed by atoms with Gasteiger partial charge in [0.25, 0.3) is 0 Å². The summed E-state index contributed by atoms with van der Waals surface area (Å²) in [7, 11) is 0. The van der Waals surface area contributed by atoms with Crippen LogP contribution in [-0.2, 0) is 9.63 Å². The fourth-order valence-corrected chi connectivity index (χ4v) is 2.19. The molecule has 2 heterocycles. The summed E-state index contributed by atoms with van der Waals surface area (Å²) in [4.78, 5) is 17.3. The standard InChI is InChI=1S/C10H18N2O2/c1-8-7-11-4-3-9(8)10(13)12-5-2-6-14-12/h8-9,11H,2-7H2,1H3. The van der Waals surface area contributed by atoms with Gasteiger partial charge in [-0.1, -0.05) is 6.92 Å². The van der Waals surface area contributed by atoms with Crippen LogP contribution in [0.5, 0.6) is 0 Å². The number of nitrogens with zero attached hydrogens (tertiary/aromatic N) is 1. The Bertz CT molecular complexity index is 214. The second kappa shape index (κ2) is 4.28. The van der Waals surface area contributed by atoms with Gasteiger partial charge >= 0.3 is 0 Å². The molecular formula is C10H18N2O2. The van der Waals surface area contributed by atoms with Gasteiger partial charge in [0.2, 0.25) is 5.91 Å². The number of carbonyl (C=O) groups excluding carboxylic acids is 1. The highest BCUT2D eigenvalue weighted by Gasteiger charge is 2.32. The van der Waals surface area contributed by atoms with Gasteiger partial charge in [0.05, 0.1) is 13.2 Å². The van der Waals surface area contributed by atoms with Crippen LogP contribution >= 0.6 is 0 Å². The van der Waals surface area contributed by atoms with Gasteiger partial charge in [-0.2, -0.15) is 0 Å². The molecule has 14 heavy (non-hydrogen) atoms. The average molecular weight is 198 g/mol. The highest BCUT2D eigenvalue weighted by atomic mass is 16.7. The largest absolute Gasteiger partial charge is 0.316 e. The maximum absolute atomic E-state index is 12.0. The Kier molecular flexibility index (Phi) is 3.03. The SMILES string of the molecule is CC1CNCCC1C(=O)N1CCCO1. The molecule has 1 N–H and O–H groups in total. The molecule has 0 aromatic carbocycles. The van der Waals surface area contributed by atoms with E-state index in [1.54, 1.807) is 5.06 Å². The molecule has 0 aromatic rings. The van der Waals surface area contributed by atoms with Gasteiger partial charge < -0.3 is 5.32 Å². The van der Waals surface area contributed by atoms with Crippen LogP contribution in [0.4, 0.5) is 0 Å². The van der Waals surface area contributed by atoms with Gasteiger partial charge in [-0.05, 0) is 31.8 Å². The number of hydroxylamine groups is 2. The predicted molar refractivity (Wildman–Crippen MR) is 52.4 cm³/mol. The van der Waals surface area contributed by atoms with Crippen molar-refractivity contribution in [3.63, 3.8) is 0 Å². The second-order valence-corrected chi connectivity index (χ2v) is 4.20. The Morgan fingerprint density at radius 1 is 1.57 bits per heavy atom. The monoisotopic (exact) mass is 198 g/mol. The molecule has 2 fully saturated rings. The summed E-state index contributed by atoms with van der Waals surface area (Å²) in [6.45, 7) is 5.50. The van der Waals surface area contributed by atoms with E-state index >= 15 is 0 Å². The summed E-state index contributed by atoms with van der Waals surface area (Å²) < 4.78 is 0. The van der Waals surface area contributed by atoms with Crippen LogP contribution in [0.3, 0.4) is 0 Å².